The Labute approximate surface area is 113 Å². The molecule has 0 aliphatic carbocycles. The Hall–Kier alpha value is 0.958. The van der Waals surface area contributed by atoms with Crippen molar-refractivity contribution in [2.45, 2.75) is 0 Å². The molecule has 0 atom stereocenters. The van der Waals surface area contributed by atoms with Crippen LogP contribution < -0.4 is 0 Å². The van der Waals surface area contributed by atoms with E-state index < -0.39 is 16.5 Å². The summed E-state index contributed by atoms with van der Waals surface area (Å²) in [6.45, 7) is 0. The van der Waals surface area contributed by atoms with Crippen molar-refractivity contribution in [3.05, 3.63) is 32.6 Å². The molecule has 0 bridgehead atoms. The summed E-state index contributed by atoms with van der Waals surface area (Å²) in [5.74, 6) is 0. The molecule has 2 nitrogen and oxygen atoms in total. The second-order valence-corrected chi connectivity index (χ2v) is 6.40. The molecular weight excluding hydrogens is 472 g/mol. The molecular formula is C6H3Cl5N2Pt. The molecule has 0 radical (unpaired) electrons. The molecule has 0 unspecified atom stereocenters. The van der Waals surface area contributed by atoms with Crippen LogP contribution >= 0.6 is 53.6 Å². The van der Waals surface area contributed by atoms with Gasteiger partial charge >= 0.3 is 35.3 Å². The maximum atomic E-state index is 7.22. The number of rotatable bonds is 0. The minimum atomic E-state index is -0.472. The summed E-state index contributed by atoms with van der Waals surface area (Å²) < 4.78 is 0. The molecule has 82 valence electrons. The van der Waals surface area contributed by atoms with Crippen LogP contribution in [0.2, 0.25) is 15.1 Å². The molecule has 2 N–H and O–H groups in total. The van der Waals surface area contributed by atoms with Gasteiger partial charge in [0.15, 0.2) is 0 Å². The van der Waals surface area contributed by atoms with E-state index >= 15 is 0 Å². The molecule has 0 heterocycles. The molecule has 0 amide bonds. The van der Waals surface area contributed by atoms with Gasteiger partial charge in [0.2, 0.25) is 0 Å². The van der Waals surface area contributed by atoms with Gasteiger partial charge in [0, 0.05) is 5.02 Å². The van der Waals surface area contributed by atoms with Crippen molar-refractivity contribution < 1.29 is 16.5 Å². The van der Waals surface area contributed by atoms with E-state index in [1.165, 1.54) is 6.07 Å². The third-order valence-corrected chi connectivity index (χ3v) is 2.42. The van der Waals surface area contributed by atoms with Gasteiger partial charge in [-0.25, -0.2) is 0 Å². The third-order valence-electron chi connectivity index (χ3n) is 1.16. The van der Waals surface area contributed by atoms with Gasteiger partial charge in [0.25, 0.3) is 0 Å². The van der Waals surface area contributed by atoms with E-state index in [0.717, 1.165) is 0 Å². The summed E-state index contributed by atoms with van der Waals surface area (Å²) in [6.07, 6.45) is 0. The van der Waals surface area contributed by atoms with E-state index in [4.69, 9.17) is 65.1 Å². The number of nitrogens with one attached hydrogen (secondary N) is 2. The number of hydrogen-bond acceptors (Lipinski definition) is 0. The molecule has 0 aliphatic heterocycles. The van der Waals surface area contributed by atoms with Gasteiger partial charge in [0.05, 0.1) is 10.0 Å². The quantitative estimate of drug-likeness (QED) is 0.391. The summed E-state index contributed by atoms with van der Waals surface area (Å²) in [5, 5.41) is 0.371. The van der Waals surface area contributed by atoms with E-state index in [9.17, 15) is 0 Å². The van der Waals surface area contributed by atoms with Gasteiger partial charge in [-0.15, -0.1) is 5.69 Å². The molecule has 0 spiro atoms. The van der Waals surface area contributed by atoms with Gasteiger partial charge in [0.1, 0.15) is 0 Å². The largest absolute Gasteiger partial charge is 0.700 e. The van der Waals surface area contributed by atoms with Crippen molar-refractivity contribution in [2.24, 2.45) is 0 Å². The molecule has 0 saturated heterocycles. The summed E-state index contributed by atoms with van der Waals surface area (Å²) in [4.78, 5) is 0. The van der Waals surface area contributed by atoms with Crippen molar-refractivity contribution in [1.82, 2.24) is 0 Å². The van der Waals surface area contributed by atoms with E-state index in [1.807, 2.05) is 0 Å². The van der Waals surface area contributed by atoms with Crippen molar-refractivity contribution in [1.29, 1.82) is 0 Å². The Morgan fingerprint density at radius 3 is 1.86 bits per heavy atom. The minimum absolute atomic E-state index is 0.0237. The molecule has 1 aromatic rings. The minimum Gasteiger partial charge on any atom is -0.700 e. The zero-order valence-electron chi connectivity index (χ0n) is 6.28. The van der Waals surface area contributed by atoms with Crippen molar-refractivity contribution in [3.63, 3.8) is 0 Å². The Balaban J connectivity index is 0.000000500. The summed E-state index contributed by atoms with van der Waals surface area (Å²) in [7, 11) is 9.75. The van der Waals surface area contributed by atoms with Gasteiger partial charge < -0.3 is 11.5 Å². The monoisotopic (exact) mass is 473 g/mol. The average molecular weight is 475 g/mol. The van der Waals surface area contributed by atoms with Crippen LogP contribution in [-0.4, -0.2) is 0 Å². The van der Waals surface area contributed by atoms with Crippen LogP contribution in [0.25, 0.3) is 11.5 Å². The Kier molecular flexibility index (Phi) is 7.77. The first-order chi connectivity index (χ1) is 6.45. The van der Waals surface area contributed by atoms with E-state index in [-0.39, 0.29) is 26.4 Å². The molecule has 14 heavy (non-hydrogen) atoms. The van der Waals surface area contributed by atoms with Crippen LogP contribution in [0.5, 0.6) is 0 Å². The van der Waals surface area contributed by atoms with E-state index in [2.05, 4.69) is 0 Å². The number of benzene rings is 1. The first kappa shape index (κ1) is 15.0. The molecule has 0 saturated carbocycles. The fourth-order valence-corrected chi connectivity index (χ4v) is 1.20. The molecule has 0 aliphatic rings. The topological polar surface area (TPSA) is 47.6 Å². The van der Waals surface area contributed by atoms with E-state index in [0.29, 0.717) is 0 Å². The SMILES string of the molecule is [Cl][Pt+2][Cl].[NH-]c1cc(Cl)c(Cl)c(Cl)c1[NH-]. The van der Waals surface area contributed by atoms with Crippen molar-refractivity contribution in [3.8, 4) is 0 Å². The summed E-state index contributed by atoms with van der Waals surface area (Å²) >= 11 is 16.3. The fourth-order valence-electron chi connectivity index (χ4n) is 0.595. The summed E-state index contributed by atoms with van der Waals surface area (Å²) in [6, 6.07) is 1.29. The predicted molar refractivity (Wildman–Crippen MR) is 61.1 cm³/mol. The van der Waals surface area contributed by atoms with Crippen LogP contribution in [-0.2, 0) is 16.5 Å². The fraction of sp³-hybridized carbons (Fsp3) is 0. The number of halogens is 5. The third kappa shape index (κ3) is 4.22. The zero-order valence-corrected chi connectivity index (χ0v) is 12.3. The zero-order chi connectivity index (χ0) is 11.3. The molecule has 0 aromatic heterocycles. The molecule has 1 aromatic carbocycles. The van der Waals surface area contributed by atoms with Crippen LogP contribution in [0.1, 0.15) is 0 Å². The Morgan fingerprint density at radius 2 is 1.43 bits per heavy atom. The van der Waals surface area contributed by atoms with Gasteiger partial charge in [-0.2, -0.15) is 5.69 Å². The Morgan fingerprint density at radius 1 is 1.00 bits per heavy atom. The van der Waals surface area contributed by atoms with Crippen LogP contribution in [0.3, 0.4) is 0 Å². The number of hydrogen-bond donors (Lipinski definition) is 0. The van der Waals surface area contributed by atoms with Crippen LogP contribution in [0, 0.1) is 0 Å². The van der Waals surface area contributed by atoms with Crippen LogP contribution in [0.4, 0.5) is 11.4 Å². The maximum absolute atomic E-state index is 7.22. The summed E-state index contributed by atoms with van der Waals surface area (Å²) in [5.41, 5.74) is 14.3. The average Bonchev–Trinajstić information content (AvgIpc) is 2.13. The van der Waals surface area contributed by atoms with Crippen LogP contribution in [0.15, 0.2) is 6.07 Å². The van der Waals surface area contributed by atoms with Gasteiger partial charge in [-0.1, -0.05) is 40.9 Å². The molecule has 1 rings (SSSR count). The van der Waals surface area contributed by atoms with Crippen molar-refractivity contribution >= 4 is 65.0 Å². The first-order valence-electron chi connectivity index (χ1n) is 2.88. The normalized spacial score (nSPS) is 9.50. The predicted octanol–water partition coefficient (Wildman–Crippen LogP) is 6.39. The second-order valence-electron chi connectivity index (χ2n) is 1.95. The standard InChI is InChI=1S/C6H3Cl3N2.2ClH.Pt/c7-2-1-3(10)6(11)5(9)4(2)8;;;/h1,10-11H;2*1H;/q-2;;;+4/p-2. The smallest absolute Gasteiger partial charge is 0.0764 e. The molecule has 8 heteroatoms. The second kappa shape index (κ2) is 7.27. The molecule has 0 fully saturated rings. The Bertz CT molecular complexity index is 293. The van der Waals surface area contributed by atoms with Gasteiger partial charge in [-0.05, 0) is 0 Å². The van der Waals surface area contributed by atoms with Gasteiger partial charge in [-0.3, -0.25) is 0 Å². The maximum Gasteiger partial charge on any atom is 0.0764 e. The van der Waals surface area contributed by atoms with Crippen molar-refractivity contribution in [2.75, 3.05) is 0 Å². The van der Waals surface area contributed by atoms with E-state index in [1.54, 1.807) is 0 Å². The first-order valence-corrected chi connectivity index (χ1v) is 9.65.